The van der Waals surface area contributed by atoms with Crippen LogP contribution in [0, 0.1) is 5.41 Å². The van der Waals surface area contributed by atoms with Crippen LogP contribution in [-0.4, -0.2) is 6.04 Å². The van der Waals surface area contributed by atoms with Crippen molar-refractivity contribution in [3.63, 3.8) is 0 Å². The van der Waals surface area contributed by atoms with Crippen molar-refractivity contribution in [2.75, 3.05) is 0 Å². The highest BCUT2D eigenvalue weighted by Crippen LogP contribution is 2.35. The predicted octanol–water partition coefficient (Wildman–Crippen LogP) is 4.40. The molecular formula is C15H22ClN. The highest BCUT2D eigenvalue weighted by Gasteiger charge is 2.26. The van der Waals surface area contributed by atoms with Crippen molar-refractivity contribution in [3.8, 4) is 0 Å². The Morgan fingerprint density at radius 1 is 1.24 bits per heavy atom. The summed E-state index contributed by atoms with van der Waals surface area (Å²) >= 11 is 6.15. The molecule has 1 N–H and O–H groups in total. The van der Waals surface area contributed by atoms with Crippen LogP contribution in [-0.2, 0) is 6.54 Å². The van der Waals surface area contributed by atoms with Crippen LogP contribution >= 0.6 is 11.6 Å². The molecule has 0 spiro atoms. The van der Waals surface area contributed by atoms with Crippen LogP contribution in [0.15, 0.2) is 24.3 Å². The number of rotatable bonds is 3. The lowest BCUT2D eigenvalue weighted by atomic mass is 9.75. The molecule has 1 saturated carbocycles. The average molecular weight is 252 g/mol. The maximum absolute atomic E-state index is 6.15. The van der Waals surface area contributed by atoms with E-state index in [1.54, 1.807) is 0 Å². The molecule has 1 aliphatic carbocycles. The van der Waals surface area contributed by atoms with Gasteiger partial charge in [0.1, 0.15) is 0 Å². The first kappa shape index (κ1) is 12.9. The molecule has 2 rings (SSSR count). The van der Waals surface area contributed by atoms with E-state index in [0.717, 1.165) is 11.6 Å². The van der Waals surface area contributed by atoms with Crippen molar-refractivity contribution in [1.82, 2.24) is 5.32 Å². The molecule has 1 aromatic rings. The molecule has 0 unspecified atom stereocenters. The molecule has 0 bridgehead atoms. The quantitative estimate of drug-likeness (QED) is 0.840. The van der Waals surface area contributed by atoms with Gasteiger partial charge in [-0.2, -0.15) is 0 Å². The molecule has 0 aromatic heterocycles. The summed E-state index contributed by atoms with van der Waals surface area (Å²) in [6.07, 6.45) is 5.23. The topological polar surface area (TPSA) is 12.0 Å². The summed E-state index contributed by atoms with van der Waals surface area (Å²) in [5.74, 6) is 0. The summed E-state index contributed by atoms with van der Waals surface area (Å²) in [5.41, 5.74) is 1.75. The fourth-order valence-corrected chi connectivity index (χ4v) is 2.70. The third-order valence-electron chi connectivity index (χ3n) is 3.88. The van der Waals surface area contributed by atoms with Crippen molar-refractivity contribution in [2.24, 2.45) is 5.41 Å². The highest BCUT2D eigenvalue weighted by molar-refractivity contribution is 6.31. The lowest BCUT2D eigenvalue weighted by Gasteiger charge is -2.34. The zero-order chi connectivity index (χ0) is 12.3. The molecule has 0 saturated heterocycles. The standard InChI is InChI=1S/C15H22ClN/c1-15(2)9-7-13(8-10-15)17-11-12-5-3-4-6-14(12)16/h3-6,13,17H,7-11H2,1-2H3. The normalized spacial score (nSPS) is 20.4. The van der Waals surface area contributed by atoms with E-state index in [1.165, 1.54) is 31.2 Å². The Bertz CT molecular complexity index is 363. The summed E-state index contributed by atoms with van der Waals surface area (Å²) < 4.78 is 0. The minimum absolute atomic E-state index is 0.544. The lowest BCUT2D eigenvalue weighted by Crippen LogP contribution is -2.35. The molecule has 1 aromatic carbocycles. The molecule has 17 heavy (non-hydrogen) atoms. The number of hydrogen-bond donors (Lipinski definition) is 1. The number of halogens is 1. The maximum Gasteiger partial charge on any atom is 0.0450 e. The van der Waals surface area contributed by atoms with Gasteiger partial charge >= 0.3 is 0 Å². The monoisotopic (exact) mass is 251 g/mol. The van der Waals surface area contributed by atoms with Crippen LogP contribution < -0.4 is 5.32 Å². The predicted molar refractivity (Wildman–Crippen MR) is 74.3 cm³/mol. The average Bonchev–Trinajstić information content (AvgIpc) is 2.30. The smallest absolute Gasteiger partial charge is 0.0450 e. The fraction of sp³-hybridized carbons (Fsp3) is 0.600. The number of benzene rings is 1. The van der Waals surface area contributed by atoms with Gasteiger partial charge in [-0.1, -0.05) is 43.6 Å². The van der Waals surface area contributed by atoms with Crippen molar-refractivity contribution in [2.45, 2.75) is 52.1 Å². The second-order valence-electron chi connectivity index (χ2n) is 5.91. The van der Waals surface area contributed by atoms with Crippen molar-refractivity contribution < 1.29 is 0 Å². The molecule has 2 heteroatoms. The van der Waals surface area contributed by atoms with Crippen LogP contribution in [0.1, 0.15) is 45.1 Å². The Balaban J connectivity index is 1.82. The van der Waals surface area contributed by atoms with E-state index in [9.17, 15) is 0 Å². The first-order valence-corrected chi connectivity index (χ1v) is 6.91. The lowest BCUT2D eigenvalue weighted by molar-refractivity contribution is 0.206. The van der Waals surface area contributed by atoms with E-state index in [1.807, 2.05) is 18.2 Å². The minimum Gasteiger partial charge on any atom is -0.310 e. The third-order valence-corrected chi connectivity index (χ3v) is 4.25. The van der Waals surface area contributed by atoms with E-state index in [4.69, 9.17) is 11.6 Å². The molecule has 0 heterocycles. The van der Waals surface area contributed by atoms with E-state index in [2.05, 4.69) is 25.2 Å². The Morgan fingerprint density at radius 3 is 2.53 bits per heavy atom. The van der Waals surface area contributed by atoms with E-state index >= 15 is 0 Å². The molecule has 0 atom stereocenters. The number of nitrogens with one attached hydrogen (secondary N) is 1. The van der Waals surface area contributed by atoms with Crippen LogP contribution in [0.2, 0.25) is 5.02 Å². The highest BCUT2D eigenvalue weighted by atomic mass is 35.5. The third kappa shape index (κ3) is 3.72. The van der Waals surface area contributed by atoms with Crippen LogP contribution in [0.5, 0.6) is 0 Å². The Morgan fingerprint density at radius 2 is 1.88 bits per heavy atom. The van der Waals surface area contributed by atoms with Crippen LogP contribution in [0.25, 0.3) is 0 Å². The zero-order valence-electron chi connectivity index (χ0n) is 10.8. The SMILES string of the molecule is CC1(C)CCC(NCc2ccccc2Cl)CC1. The van der Waals surface area contributed by atoms with E-state index in [-0.39, 0.29) is 0 Å². The van der Waals surface area contributed by atoms with Crippen molar-refractivity contribution in [3.05, 3.63) is 34.9 Å². The molecular weight excluding hydrogens is 230 g/mol. The molecule has 1 fully saturated rings. The Kier molecular flexibility index (Phi) is 4.11. The van der Waals surface area contributed by atoms with E-state index in [0.29, 0.717) is 11.5 Å². The first-order valence-electron chi connectivity index (χ1n) is 6.54. The van der Waals surface area contributed by atoms with Gasteiger partial charge < -0.3 is 5.32 Å². The summed E-state index contributed by atoms with van der Waals surface area (Å²) in [6.45, 7) is 5.64. The van der Waals surface area contributed by atoms with Gasteiger partial charge in [0.25, 0.3) is 0 Å². The van der Waals surface area contributed by atoms with Crippen molar-refractivity contribution in [1.29, 1.82) is 0 Å². The maximum atomic E-state index is 6.15. The summed E-state index contributed by atoms with van der Waals surface area (Å²) in [5, 5.41) is 4.50. The largest absolute Gasteiger partial charge is 0.310 e. The Hall–Kier alpha value is -0.530. The van der Waals surface area contributed by atoms with Crippen molar-refractivity contribution >= 4 is 11.6 Å². The zero-order valence-corrected chi connectivity index (χ0v) is 11.6. The summed E-state index contributed by atoms with van der Waals surface area (Å²) in [4.78, 5) is 0. The first-order chi connectivity index (χ1) is 8.07. The molecule has 94 valence electrons. The van der Waals surface area contributed by atoms with Crippen LogP contribution in [0.4, 0.5) is 0 Å². The summed E-state index contributed by atoms with van der Waals surface area (Å²) in [7, 11) is 0. The van der Waals surface area contributed by atoms with Gasteiger partial charge in [0.05, 0.1) is 0 Å². The molecule has 0 radical (unpaired) electrons. The minimum atomic E-state index is 0.544. The summed E-state index contributed by atoms with van der Waals surface area (Å²) in [6, 6.07) is 8.76. The van der Waals surface area contributed by atoms with Gasteiger partial charge in [-0.25, -0.2) is 0 Å². The molecule has 1 nitrogen and oxygen atoms in total. The van der Waals surface area contributed by atoms with Gasteiger partial charge in [0.15, 0.2) is 0 Å². The van der Waals surface area contributed by atoms with E-state index < -0.39 is 0 Å². The molecule has 0 amide bonds. The van der Waals surface area contributed by atoms with Gasteiger partial charge in [-0.15, -0.1) is 0 Å². The fourth-order valence-electron chi connectivity index (χ4n) is 2.50. The van der Waals surface area contributed by atoms with Gasteiger partial charge in [-0.3, -0.25) is 0 Å². The van der Waals surface area contributed by atoms with Gasteiger partial charge in [0.2, 0.25) is 0 Å². The number of hydrogen-bond acceptors (Lipinski definition) is 1. The Labute approximate surface area is 110 Å². The van der Waals surface area contributed by atoms with Gasteiger partial charge in [0, 0.05) is 17.6 Å². The second kappa shape index (κ2) is 5.41. The van der Waals surface area contributed by atoms with Gasteiger partial charge in [-0.05, 0) is 42.7 Å². The second-order valence-corrected chi connectivity index (χ2v) is 6.32. The van der Waals surface area contributed by atoms with Crippen LogP contribution in [0.3, 0.4) is 0 Å². The molecule has 1 aliphatic rings. The molecule has 0 aliphatic heterocycles.